The van der Waals surface area contributed by atoms with E-state index in [0.29, 0.717) is 17.9 Å². The van der Waals surface area contributed by atoms with E-state index in [1.165, 1.54) is 28.5 Å². The van der Waals surface area contributed by atoms with Crippen LogP contribution in [0, 0.1) is 11.8 Å². The summed E-state index contributed by atoms with van der Waals surface area (Å²) in [5, 5.41) is 15.0. The maximum atomic E-state index is 12.7. The van der Waals surface area contributed by atoms with Gasteiger partial charge in [0, 0.05) is 42.8 Å². The normalized spacial score (nSPS) is 30.9. The number of alkyl halides is 2. The Bertz CT molecular complexity index is 836. The lowest BCUT2D eigenvalue weighted by Gasteiger charge is -2.47. The first-order valence-corrected chi connectivity index (χ1v) is 10.8. The van der Waals surface area contributed by atoms with Crippen molar-refractivity contribution in [3.63, 3.8) is 0 Å². The third-order valence-electron chi connectivity index (χ3n) is 6.02. The van der Waals surface area contributed by atoms with Gasteiger partial charge in [-0.25, -0.2) is 4.79 Å². The van der Waals surface area contributed by atoms with E-state index in [4.69, 9.17) is 0 Å². The number of nitrogens with one attached hydrogen (secondary N) is 2. The fourth-order valence-electron chi connectivity index (χ4n) is 4.55. The van der Waals surface area contributed by atoms with Gasteiger partial charge in [0.15, 0.2) is 0 Å². The number of carboxylic acids is 1. The molecule has 0 unspecified atom stereocenters. The first-order chi connectivity index (χ1) is 14.5. The van der Waals surface area contributed by atoms with E-state index >= 15 is 0 Å². The van der Waals surface area contributed by atoms with Crippen molar-refractivity contribution >= 4 is 35.5 Å². The molecular weight excluding hydrogens is 434 g/mol. The van der Waals surface area contributed by atoms with E-state index < -0.39 is 42.2 Å². The van der Waals surface area contributed by atoms with Crippen molar-refractivity contribution in [2.75, 3.05) is 20.6 Å². The van der Waals surface area contributed by atoms with Gasteiger partial charge in [-0.2, -0.15) is 8.78 Å². The van der Waals surface area contributed by atoms with Crippen molar-refractivity contribution in [2.45, 2.75) is 50.1 Å². The number of hydrogen-bond donors (Lipinski definition) is 3. The van der Waals surface area contributed by atoms with E-state index in [1.54, 1.807) is 21.0 Å². The third-order valence-corrected chi connectivity index (χ3v) is 7.53. The van der Waals surface area contributed by atoms with Crippen molar-refractivity contribution in [2.24, 2.45) is 11.8 Å². The summed E-state index contributed by atoms with van der Waals surface area (Å²) in [4.78, 5) is 51.4. The van der Waals surface area contributed by atoms with Crippen LogP contribution in [0.15, 0.2) is 10.6 Å². The Labute approximate surface area is 182 Å². The fraction of sp³-hybridized carbons (Fsp3) is 0.684. The maximum absolute atomic E-state index is 12.7. The monoisotopic (exact) mass is 460 g/mol. The SMILES string of the molecule is C[C@@H](NC(=O)C(F)F)[C@H]1C(=O)N2C(C(=O)O)=C(S[C@@H]3CN[C@H](C(=O)N(C)C)C3)[C@H](C)[C@@H]12. The molecule has 3 rings (SSSR count). The number of carbonyl (C=O) groups is 4. The van der Waals surface area contributed by atoms with Crippen LogP contribution in [0.3, 0.4) is 0 Å². The van der Waals surface area contributed by atoms with E-state index in [1.807, 2.05) is 0 Å². The van der Waals surface area contributed by atoms with Crippen LogP contribution < -0.4 is 10.6 Å². The summed E-state index contributed by atoms with van der Waals surface area (Å²) in [6, 6.07) is -1.73. The summed E-state index contributed by atoms with van der Waals surface area (Å²) in [6.07, 6.45) is -2.67. The molecule has 31 heavy (non-hydrogen) atoms. The first kappa shape index (κ1) is 23.5. The van der Waals surface area contributed by atoms with Crippen molar-refractivity contribution in [3.05, 3.63) is 10.6 Å². The first-order valence-electron chi connectivity index (χ1n) is 9.95. The van der Waals surface area contributed by atoms with Gasteiger partial charge in [0.05, 0.1) is 18.0 Å². The number of amides is 3. The summed E-state index contributed by atoms with van der Waals surface area (Å²) in [7, 11) is 3.33. The minimum Gasteiger partial charge on any atom is -0.477 e. The zero-order chi connectivity index (χ0) is 23.2. The third kappa shape index (κ3) is 4.14. The lowest BCUT2D eigenvalue weighted by atomic mass is 9.78. The van der Waals surface area contributed by atoms with Gasteiger partial charge in [0.2, 0.25) is 11.8 Å². The number of aliphatic carboxylic acids is 1. The quantitative estimate of drug-likeness (QED) is 0.461. The maximum Gasteiger partial charge on any atom is 0.353 e. The lowest BCUT2D eigenvalue weighted by molar-refractivity contribution is -0.159. The number of fused-ring (bicyclic) bond motifs is 1. The summed E-state index contributed by atoms with van der Waals surface area (Å²) in [5.74, 6) is -4.38. The zero-order valence-corrected chi connectivity index (χ0v) is 18.4. The number of nitrogens with zero attached hydrogens (tertiary/aromatic N) is 2. The number of β-lactam (4-membered cyclic amide) rings is 1. The van der Waals surface area contributed by atoms with E-state index in [-0.39, 0.29) is 28.8 Å². The van der Waals surface area contributed by atoms with E-state index in [0.717, 1.165) is 0 Å². The Morgan fingerprint density at radius 1 is 1.32 bits per heavy atom. The van der Waals surface area contributed by atoms with Crippen LogP contribution in [0.5, 0.6) is 0 Å². The van der Waals surface area contributed by atoms with Crippen LogP contribution >= 0.6 is 11.8 Å². The van der Waals surface area contributed by atoms with Crippen LogP contribution in [0.1, 0.15) is 20.3 Å². The van der Waals surface area contributed by atoms with Gasteiger partial charge in [0.25, 0.3) is 5.91 Å². The summed E-state index contributed by atoms with van der Waals surface area (Å²) < 4.78 is 25.2. The van der Waals surface area contributed by atoms with E-state index in [2.05, 4.69) is 10.6 Å². The number of likely N-dealkylation sites (N-methyl/N-ethyl adjacent to an activating group) is 1. The van der Waals surface area contributed by atoms with Gasteiger partial charge in [0.1, 0.15) is 5.70 Å². The molecule has 3 N–H and O–H groups in total. The van der Waals surface area contributed by atoms with Crippen molar-refractivity contribution in [1.82, 2.24) is 20.4 Å². The van der Waals surface area contributed by atoms with Gasteiger partial charge < -0.3 is 25.5 Å². The average molecular weight is 461 g/mol. The second kappa shape index (κ2) is 8.73. The minimum atomic E-state index is -3.19. The predicted octanol–water partition coefficient (Wildman–Crippen LogP) is 0.0810. The molecule has 0 aromatic heterocycles. The molecule has 0 aromatic carbocycles. The van der Waals surface area contributed by atoms with Crippen molar-refractivity contribution in [1.29, 1.82) is 0 Å². The van der Waals surface area contributed by atoms with E-state index in [9.17, 15) is 33.1 Å². The molecule has 3 aliphatic heterocycles. The Morgan fingerprint density at radius 2 is 1.97 bits per heavy atom. The minimum absolute atomic E-state index is 0.0519. The molecule has 0 saturated carbocycles. The molecule has 172 valence electrons. The van der Waals surface area contributed by atoms with Gasteiger partial charge in [-0.1, -0.05) is 6.92 Å². The van der Waals surface area contributed by atoms with Crippen LogP contribution in [0.2, 0.25) is 0 Å². The molecule has 3 heterocycles. The molecule has 6 atom stereocenters. The summed E-state index contributed by atoms with van der Waals surface area (Å²) in [6.45, 7) is 3.78. The molecular formula is C19H26F2N4O5S. The number of halogens is 2. The molecule has 12 heteroatoms. The molecule has 2 fully saturated rings. The highest BCUT2D eigenvalue weighted by Gasteiger charge is 2.60. The second-order valence-corrected chi connectivity index (χ2v) is 9.64. The molecule has 0 spiro atoms. The zero-order valence-electron chi connectivity index (χ0n) is 17.6. The highest BCUT2D eigenvalue weighted by Crippen LogP contribution is 2.51. The van der Waals surface area contributed by atoms with Gasteiger partial charge in [-0.15, -0.1) is 11.8 Å². The Hall–Kier alpha value is -2.21. The molecule has 0 aromatic rings. The Balaban J connectivity index is 1.75. The second-order valence-electron chi connectivity index (χ2n) is 8.30. The molecule has 0 radical (unpaired) electrons. The number of carbonyl (C=O) groups excluding carboxylic acids is 3. The molecule has 3 amide bonds. The molecule has 0 aliphatic carbocycles. The van der Waals surface area contributed by atoms with Gasteiger partial charge in [-0.05, 0) is 13.3 Å². The Kier molecular flexibility index (Phi) is 6.61. The van der Waals surface area contributed by atoms with Crippen molar-refractivity contribution < 1.29 is 33.1 Å². The number of rotatable bonds is 7. The number of carboxylic acid groups (broad SMARTS) is 1. The van der Waals surface area contributed by atoms with Crippen molar-refractivity contribution in [3.8, 4) is 0 Å². The lowest BCUT2D eigenvalue weighted by Crippen LogP contribution is -2.66. The molecule has 0 bridgehead atoms. The molecule has 2 saturated heterocycles. The fourth-order valence-corrected chi connectivity index (χ4v) is 6.02. The number of thioether (sulfide) groups is 1. The topological polar surface area (TPSA) is 119 Å². The molecule has 9 nitrogen and oxygen atoms in total. The summed E-state index contributed by atoms with van der Waals surface area (Å²) in [5.41, 5.74) is -0.0986. The summed E-state index contributed by atoms with van der Waals surface area (Å²) >= 11 is 1.34. The largest absolute Gasteiger partial charge is 0.477 e. The average Bonchev–Trinajstić information content (AvgIpc) is 3.23. The Morgan fingerprint density at radius 3 is 2.52 bits per heavy atom. The highest BCUT2D eigenvalue weighted by molar-refractivity contribution is 8.03. The van der Waals surface area contributed by atoms with Crippen LogP contribution in [-0.4, -0.2) is 89.0 Å². The van der Waals surface area contributed by atoms with Crippen LogP contribution in [-0.2, 0) is 19.2 Å². The highest BCUT2D eigenvalue weighted by atomic mass is 32.2. The molecule has 3 aliphatic rings. The van der Waals surface area contributed by atoms with Crippen LogP contribution in [0.25, 0.3) is 0 Å². The van der Waals surface area contributed by atoms with Gasteiger partial charge in [-0.3, -0.25) is 14.4 Å². The predicted molar refractivity (Wildman–Crippen MR) is 108 cm³/mol. The smallest absolute Gasteiger partial charge is 0.353 e. The van der Waals surface area contributed by atoms with Crippen LogP contribution in [0.4, 0.5) is 8.78 Å². The van der Waals surface area contributed by atoms with Gasteiger partial charge >= 0.3 is 12.4 Å². The standard InChI is InChI=1S/C19H26F2N4O5S/c1-7-12-11(8(2)23-16(26)15(20)21)18(28)25(12)13(19(29)30)14(7)31-9-5-10(22-6-9)17(27)24(3)4/h7-12,15,22H,5-6H2,1-4H3,(H,23,26)(H,29,30)/t7-,8-,9+,10+,11-,12+/m1/s1. The number of hydrogen-bond acceptors (Lipinski definition) is 6.